The van der Waals surface area contributed by atoms with Crippen molar-refractivity contribution in [1.29, 1.82) is 0 Å². The minimum Gasteiger partial charge on any atom is -0.456 e. The maximum atomic E-state index is 7.08. The summed E-state index contributed by atoms with van der Waals surface area (Å²) in [7, 11) is 0. The van der Waals surface area contributed by atoms with Gasteiger partial charge in [0.15, 0.2) is 0 Å². The van der Waals surface area contributed by atoms with Crippen LogP contribution in [0.4, 0.5) is 17.1 Å². The third kappa shape index (κ3) is 5.13. The fraction of sp³-hybridized carbons (Fsp3) is 0. The fourth-order valence-corrected chi connectivity index (χ4v) is 8.35. The molecule has 3 nitrogen and oxygen atoms in total. The number of rotatable bonds is 5. The highest BCUT2D eigenvalue weighted by Gasteiger charge is 2.27. The van der Waals surface area contributed by atoms with Crippen molar-refractivity contribution in [3.63, 3.8) is 0 Å². The summed E-state index contributed by atoms with van der Waals surface area (Å²) < 4.78 is 13.6. The summed E-state index contributed by atoms with van der Waals surface area (Å²) in [5.74, 6) is 1.69. The van der Waals surface area contributed by atoms with Gasteiger partial charge < -0.3 is 14.1 Å². The second-order valence-corrected chi connectivity index (χ2v) is 14.0. The molecule has 3 heteroatoms. The molecule has 0 amide bonds. The summed E-state index contributed by atoms with van der Waals surface area (Å²) in [5.41, 5.74) is 13.6. The molecule has 10 aromatic rings. The molecule has 55 heavy (non-hydrogen) atoms. The number of hydrogen-bond donors (Lipinski definition) is 0. The molecule has 0 aliphatic carbocycles. The van der Waals surface area contributed by atoms with Gasteiger partial charge in [-0.1, -0.05) is 152 Å². The van der Waals surface area contributed by atoms with Crippen LogP contribution in [0.3, 0.4) is 0 Å². The highest BCUT2D eigenvalue weighted by molar-refractivity contribution is 6.08. The Kier molecular flexibility index (Phi) is 7.17. The molecule has 0 saturated heterocycles. The van der Waals surface area contributed by atoms with Gasteiger partial charge in [-0.05, 0) is 75.5 Å². The molecule has 0 bridgehead atoms. The summed E-state index contributed by atoms with van der Waals surface area (Å²) in [6.45, 7) is 0. The number of benzene rings is 9. The third-order valence-electron chi connectivity index (χ3n) is 10.9. The summed E-state index contributed by atoms with van der Waals surface area (Å²) in [5, 5.41) is 4.54. The zero-order valence-electron chi connectivity index (χ0n) is 29.8. The van der Waals surface area contributed by atoms with Crippen LogP contribution in [0, 0.1) is 0 Å². The third-order valence-corrected chi connectivity index (χ3v) is 10.9. The van der Waals surface area contributed by atoms with Gasteiger partial charge in [0.25, 0.3) is 0 Å². The molecule has 0 fully saturated rings. The molecule has 9 aromatic carbocycles. The first-order valence-electron chi connectivity index (χ1n) is 18.7. The zero-order valence-corrected chi connectivity index (χ0v) is 29.8. The van der Waals surface area contributed by atoms with E-state index in [1.807, 2.05) is 12.1 Å². The maximum absolute atomic E-state index is 7.08. The van der Waals surface area contributed by atoms with E-state index in [0.717, 1.165) is 100 Å². The van der Waals surface area contributed by atoms with Crippen LogP contribution in [0.2, 0.25) is 0 Å². The highest BCUT2D eigenvalue weighted by atomic mass is 16.5. The van der Waals surface area contributed by atoms with E-state index >= 15 is 0 Å². The Morgan fingerprint density at radius 2 is 1.00 bits per heavy atom. The molecule has 0 radical (unpaired) electrons. The second-order valence-electron chi connectivity index (χ2n) is 14.0. The van der Waals surface area contributed by atoms with Crippen LogP contribution in [-0.2, 0) is 0 Å². The van der Waals surface area contributed by atoms with Crippen LogP contribution >= 0.6 is 0 Å². The molecule has 1 aromatic heterocycles. The van der Waals surface area contributed by atoms with E-state index in [1.165, 1.54) is 5.39 Å². The van der Waals surface area contributed by atoms with Gasteiger partial charge in [-0.3, -0.25) is 0 Å². The van der Waals surface area contributed by atoms with E-state index in [9.17, 15) is 0 Å². The van der Waals surface area contributed by atoms with Crippen LogP contribution < -0.4 is 9.64 Å². The van der Waals surface area contributed by atoms with E-state index in [4.69, 9.17) is 9.15 Å². The van der Waals surface area contributed by atoms with Crippen molar-refractivity contribution >= 4 is 49.8 Å². The molecule has 1 aliphatic rings. The van der Waals surface area contributed by atoms with Crippen molar-refractivity contribution < 1.29 is 9.15 Å². The predicted molar refractivity (Wildman–Crippen MR) is 228 cm³/mol. The topological polar surface area (TPSA) is 25.6 Å². The summed E-state index contributed by atoms with van der Waals surface area (Å²) in [6, 6.07) is 70.9. The number of anilines is 3. The van der Waals surface area contributed by atoms with Crippen molar-refractivity contribution in [2.45, 2.75) is 0 Å². The maximum Gasteiger partial charge on any atom is 0.143 e. The average molecular weight is 704 g/mol. The molecule has 11 rings (SSSR count). The number of ether oxygens (including phenoxy) is 1. The minimum atomic E-state index is 0.844. The largest absolute Gasteiger partial charge is 0.456 e. The van der Waals surface area contributed by atoms with Gasteiger partial charge >= 0.3 is 0 Å². The summed E-state index contributed by atoms with van der Waals surface area (Å²) >= 11 is 0. The average Bonchev–Trinajstić information content (AvgIpc) is 3.55. The minimum absolute atomic E-state index is 0.844. The molecule has 1 aliphatic heterocycles. The van der Waals surface area contributed by atoms with E-state index in [1.54, 1.807) is 0 Å². The molecule has 0 atom stereocenters. The lowest BCUT2D eigenvalue weighted by molar-refractivity contribution is 0.490. The van der Waals surface area contributed by atoms with Crippen molar-refractivity contribution in [3.05, 3.63) is 200 Å². The normalized spacial score (nSPS) is 11.8. The molecule has 2 heterocycles. The zero-order chi connectivity index (χ0) is 36.3. The summed E-state index contributed by atoms with van der Waals surface area (Å²) in [6.07, 6.45) is 0. The van der Waals surface area contributed by atoms with Crippen LogP contribution in [0.15, 0.2) is 205 Å². The first-order chi connectivity index (χ1) is 27.3. The SMILES string of the molecule is c1ccc(-c2ccccc2N(c2ccc3c(c2)-c2cccc(-c4ccccc4)c2Oc2ccc4ccccc4c2-3)c2ccc3c(c2)oc2ccccc23)cc1. The smallest absolute Gasteiger partial charge is 0.143 e. The van der Waals surface area contributed by atoms with Crippen molar-refractivity contribution in [2.24, 2.45) is 0 Å². The standard InChI is InChI=1S/C52H33NO2/c1-3-14-34(15-4-1)39-19-9-11-24-47(39)53(38-27-29-43-42-21-10-12-25-48(42)54-50(43)33-38)37-28-30-44-46(32-37)45-23-13-22-41(35-16-5-2-6-17-35)52(45)55-49-31-26-36-18-7-8-20-40(36)51(44)49/h1-33H. The molecule has 0 saturated carbocycles. The van der Waals surface area contributed by atoms with Crippen LogP contribution in [0.1, 0.15) is 0 Å². The molecule has 258 valence electrons. The Morgan fingerprint density at radius 1 is 0.364 bits per heavy atom. The number of para-hydroxylation sites is 3. The van der Waals surface area contributed by atoms with Crippen LogP contribution in [-0.4, -0.2) is 0 Å². The van der Waals surface area contributed by atoms with Crippen LogP contribution in [0.25, 0.3) is 77.2 Å². The molecular formula is C52H33NO2. The number of hydrogen-bond acceptors (Lipinski definition) is 3. The van der Waals surface area contributed by atoms with E-state index < -0.39 is 0 Å². The predicted octanol–water partition coefficient (Wildman–Crippen LogP) is 15.0. The molecule has 0 spiro atoms. The van der Waals surface area contributed by atoms with Gasteiger partial charge in [0, 0.05) is 50.5 Å². The van der Waals surface area contributed by atoms with E-state index in [0.29, 0.717) is 0 Å². The van der Waals surface area contributed by atoms with Gasteiger partial charge in [0.1, 0.15) is 22.7 Å². The van der Waals surface area contributed by atoms with Gasteiger partial charge in [-0.15, -0.1) is 0 Å². The van der Waals surface area contributed by atoms with E-state index in [-0.39, 0.29) is 0 Å². The lowest BCUT2D eigenvalue weighted by Crippen LogP contribution is -2.11. The first-order valence-corrected chi connectivity index (χ1v) is 18.7. The monoisotopic (exact) mass is 703 g/mol. The molecular weight excluding hydrogens is 671 g/mol. The van der Waals surface area contributed by atoms with Crippen molar-refractivity contribution in [2.75, 3.05) is 4.90 Å². The van der Waals surface area contributed by atoms with Crippen LogP contribution in [0.5, 0.6) is 11.5 Å². The first kappa shape index (κ1) is 31.2. The van der Waals surface area contributed by atoms with Gasteiger partial charge in [-0.25, -0.2) is 0 Å². The lowest BCUT2D eigenvalue weighted by atomic mass is 9.89. The fourth-order valence-electron chi connectivity index (χ4n) is 8.35. The number of furan rings is 1. The Balaban J connectivity index is 1.20. The Bertz CT molecular complexity index is 3070. The van der Waals surface area contributed by atoms with E-state index in [2.05, 4.69) is 193 Å². The van der Waals surface area contributed by atoms with Crippen molar-refractivity contribution in [3.8, 4) is 56.0 Å². The highest BCUT2D eigenvalue weighted by Crippen LogP contribution is 2.54. The Morgan fingerprint density at radius 3 is 1.85 bits per heavy atom. The Hall–Kier alpha value is -7.36. The Labute approximate surface area is 318 Å². The lowest BCUT2D eigenvalue weighted by Gasteiger charge is -2.29. The molecule has 0 unspecified atom stereocenters. The van der Waals surface area contributed by atoms with Gasteiger partial charge in [0.05, 0.1) is 5.69 Å². The van der Waals surface area contributed by atoms with Crippen molar-refractivity contribution in [1.82, 2.24) is 0 Å². The van der Waals surface area contributed by atoms with Gasteiger partial charge in [0.2, 0.25) is 0 Å². The number of fused-ring (bicyclic) bond motifs is 10. The second kappa shape index (κ2) is 12.6. The molecule has 0 N–H and O–H groups in total. The number of nitrogens with zero attached hydrogens (tertiary/aromatic N) is 1. The summed E-state index contributed by atoms with van der Waals surface area (Å²) in [4.78, 5) is 2.37. The quantitative estimate of drug-likeness (QED) is 0.178. The van der Waals surface area contributed by atoms with Gasteiger partial charge in [-0.2, -0.15) is 0 Å².